The van der Waals surface area contributed by atoms with Gasteiger partial charge in [-0.1, -0.05) is 12.1 Å². The zero-order valence-corrected chi connectivity index (χ0v) is 10.5. The molecule has 0 saturated carbocycles. The molecule has 0 atom stereocenters. The third-order valence-electron chi connectivity index (χ3n) is 2.57. The fraction of sp³-hybridized carbons (Fsp3) is 0.143. The average Bonchev–Trinajstić information content (AvgIpc) is 2.36. The van der Waals surface area contributed by atoms with Gasteiger partial charge in [-0.15, -0.1) is 13.2 Å². The summed E-state index contributed by atoms with van der Waals surface area (Å²) in [5, 5.41) is 2.74. The van der Waals surface area contributed by atoms with E-state index >= 15 is 0 Å². The fourth-order valence-electron chi connectivity index (χ4n) is 1.67. The first-order valence-electron chi connectivity index (χ1n) is 5.87. The summed E-state index contributed by atoms with van der Waals surface area (Å²) < 4.78 is 66.2. The molecular weight excluding hydrogens is 293 g/mol. The molecule has 0 aromatic heterocycles. The van der Waals surface area contributed by atoms with Crippen LogP contribution in [0, 0.1) is 11.6 Å². The first-order chi connectivity index (χ1) is 9.83. The van der Waals surface area contributed by atoms with Gasteiger partial charge in [-0.25, -0.2) is 8.78 Å². The quantitative estimate of drug-likeness (QED) is 0.841. The second-order valence-electron chi connectivity index (χ2n) is 4.16. The summed E-state index contributed by atoms with van der Waals surface area (Å²) in [6, 6.07) is 8.25. The van der Waals surface area contributed by atoms with E-state index in [0.29, 0.717) is 5.69 Å². The van der Waals surface area contributed by atoms with Gasteiger partial charge in [-0.3, -0.25) is 0 Å². The predicted molar refractivity (Wildman–Crippen MR) is 66.8 cm³/mol. The molecular formula is C14H10F5NO. The molecule has 0 spiro atoms. The number of halogens is 5. The third kappa shape index (κ3) is 4.62. The lowest BCUT2D eigenvalue weighted by atomic mass is 10.2. The molecule has 0 saturated heterocycles. The number of hydrogen-bond donors (Lipinski definition) is 1. The number of hydrogen-bond acceptors (Lipinski definition) is 2. The lowest BCUT2D eigenvalue weighted by Crippen LogP contribution is -2.17. The Morgan fingerprint density at radius 1 is 1.00 bits per heavy atom. The monoisotopic (exact) mass is 303 g/mol. The second kappa shape index (κ2) is 5.99. The van der Waals surface area contributed by atoms with Crippen LogP contribution in [0.25, 0.3) is 0 Å². The molecule has 0 unspecified atom stereocenters. The molecule has 0 amide bonds. The van der Waals surface area contributed by atoms with Crippen LogP contribution in [0.3, 0.4) is 0 Å². The molecule has 0 aliphatic carbocycles. The maximum Gasteiger partial charge on any atom is 0.573 e. The SMILES string of the molecule is Fc1ccc(CNc2cccc(OC(F)(F)F)c2)c(F)c1. The number of alkyl halides is 3. The Hall–Kier alpha value is -2.31. The summed E-state index contributed by atoms with van der Waals surface area (Å²) in [7, 11) is 0. The summed E-state index contributed by atoms with van der Waals surface area (Å²) in [5.74, 6) is -1.81. The van der Waals surface area contributed by atoms with Crippen molar-refractivity contribution < 1.29 is 26.7 Å². The van der Waals surface area contributed by atoms with Crippen molar-refractivity contribution in [1.29, 1.82) is 0 Å². The maximum absolute atomic E-state index is 13.4. The van der Waals surface area contributed by atoms with Gasteiger partial charge in [0.1, 0.15) is 17.4 Å². The molecule has 2 aromatic carbocycles. The molecule has 112 valence electrons. The topological polar surface area (TPSA) is 21.3 Å². The highest BCUT2D eigenvalue weighted by Gasteiger charge is 2.31. The standard InChI is InChI=1S/C14H10F5NO/c15-10-5-4-9(13(16)6-10)8-20-11-2-1-3-12(7-11)21-14(17,18)19/h1-7,20H,8H2. The van der Waals surface area contributed by atoms with Gasteiger partial charge in [-0.05, 0) is 18.2 Å². The molecule has 2 rings (SSSR count). The van der Waals surface area contributed by atoms with E-state index in [9.17, 15) is 22.0 Å². The first kappa shape index (κ1) is 15.1. The van der Waals surface area contributed by atoms with Crippen molar-refractivity contribution in [1.82, 2.24) is 0 Å². The summed E-state index contributed by atoms with van der Waals surface area (Å²) >= 11 is 0. The molecule has 2 aromatic rings. The zero-order valence-electron chi connectivity index (χ0n) is 10.5. The largest absolute Gasteiger partial charge is 0.573 e. The molecule has 0 aliphatic heterocycles. The minimum atomic E-state index is -4.78. The highest BCUT2D eigenvalue weighted by atomic mass is 19.4. The van der Waals surface area contributed by atoms with E-state index in [2.05, 4.69) is 10.1 Å². The Balaban J connectivity index is 2.05. The lowest BCUT2D eigenvalue weighted by molar-refractivity contribution is -0.274. The van der Waals surface area contributed by atoms with Crippen LogP contribution >= 0.6 is 0 Å². The van der Waals surface area contributed by atoms with Crippen LogP contribution in [-0.2, 0) is 6.54 Å². The van der Waals surface area contributed by atoms with Gasteiger partial charge in [0.15, 0.2) is 0 Å². The van der Waals surface area contributed by atoms with E-state index in [1.54, 1.807) is 0 Å². The third-order valence-corrected chi connectivity index (χ3v) is 2.57. The van der Waals surface area contributed by atoms with Crippen LogP contribution in [-0.4, -0.2) is 6.36 Å². The summed E-state index contributed by atoms with van der Waals surface area (Å²) in [6.07, 6.45) is -4.78. The number of nitrogens with one attached hydrogen (secondary N) is 1. The zero-order chi connectivity index (χ0) is 15.5. The van der Waals surface area contributed by atoms with E-state index in [0.717, 1.165) is 24.3 Å². The van der Waals surface area contributed by atoms with E-state index in [1.807, 2.05) is 0 Å². The van der Waals surface area contributed by atoms with Crippen molar-refractivity contribution in [3.63, 3.8) is 0 Å². The molecule has 21 heavy (non-hydrogen) atoms. The highest BCUT2D eigenvalue weighted by molar-refractivity contribution is 5.48. The lowest BCUT2D eigenvalue weighted by Gasteiger charge is -2.11. The molecule has 0 fully saturated rings. The number of rotatable bonds is 4. The summed E-state index contributed by atoms with van der Waals surface area (Å²) in [6.45, 7) is 0.00157. The smallest absolute Gasteiger partial charge is 0.406 e. The van der Waals surface area contributed by atoms with E-state index in [4.69, 9.17) is 0 Å². The fourth-order valence-corrected chi connectivity index (χ4v) is 1.67. The summed E-state index contributed by atoms with van der Waals surface area (Å²) in [5.41, 5.74) is 0.513. The van der Waals surface area contributed by atoms with Crippen LogP contribution in [0.2, 0.25) is 0 Å². The predicted octanol–water partition coefficient (Wildman–Crippen LogP) is 4.48. The number of anilines is 1. The van der Waals surface area contributed by atoms with Crippen molar-refractivity contribution in [3.8, 4) is 5.75 Å². The molecule has 0 heterocycles. The van der Waals surface area contributed by atoms with Crippen LogP contribution in [0.1, 0.15) is 5.56 Å². The van der Waals surface area contributed by atoms with Crippen LogP contribution < -0.4 is 10.1 Å². The van der Waals surface area contributed by atoms with Gasteiger partial charge in [0.2, 0.25) is 0 Å². The summed E-state index contributed by atoms with van der Waals surface area (Å²) in [4.78, 5) is 0. The highest BCUT2D eigenvalue weighted by Crippen LogP contribution is 2.25. The van der Waals surface area contributed by atoms with Gasteiger partial charge in [0.25, 0.3) is 0 Å². The minimum absolute atomic E-state index is 0.00157. The van der Waals surface area contributed by atoms with Gasteiger partial charge >= 0.3 is 6.36 Å². The Labute approximate surface area is 117 Å². The first-order valence-corrected chi connectivity index (χ1v) is 5.87. The van der Waals surface area contributed by atoms with Gasteiger partial charge in [0.05, 0.1) is 0 Å². The van der Waals surface area contributed by atoms with E-state index in [1.165, 1.54) is 18.2 Å². The Morgan fingerprint density at radius 3 is 2.43 bits per heavy atom. The van der Waals surface area contributed by atoms with Crippen molar-refractivity contribution in [2.45, 2.75) is 12.9 Å². The Kier molecular flexibility index (Phi) is 4.30. The van der Waals surface area contributed by atoms with Crippen LogP contribution in [0.4, 0.5) is 27.6 Å². The molecule has 0 aliphatic rings. The van der Waals surface area contributed by atoms with Gasteiger partial charge in [-0.2, -0.15) is 0 Å². The molecule has 2 nitrogen and oxygen atoms in total. The van der Waals surface area contributed by atoms with Gasteiger partial charge in [0, 0.05) is 29.9 Å². The molecule has 0 radical (unpaired) electrons. The van der Waals surface area contributed by atoms with Crippen molar-refractivity contribution in [3.05, 3.63) is 59.7 Å². The number of ether oxygens (including phenoxy) is 1. The number of benzene rings is 2. The van der Waals surface area contributed by atoms with E-state index in [-0.39, 0.29) is 17.9 Å². The molecule has 1 N–H and O–H groups in total. The van der Waals surface area contributed by atoms with Crippen molar-refractivity contribution in [2.24, 2.45) is 0 Å². The van der Waals surface area contributed by atoms with Crippen molar-refractivity contribution >= 4 is 5.69 Å². The van der Waals surface area contributed by atoms with E-state index < -0.39 is 18.0 Å². The minimum Gasteiger partial charge on any atom is -0.406 e. The average molecular weight is 303 g/mol. The van der Waals surface area contributed by atoms with Gasteiger partial charge < -0.3 is 10.1 Å². The normalized spacial score (nSPS) is 11.3. The maximum atomic E-state index is 13.4. The Bertz CT molecular complexity index is 627. The van der Waals surface area contributed by atoms with Crippen LogP contribution in [0.15, 0.2) is 42.5 Å². The van der Waals surface area contributed by atoms with Crippen molar-refractivity contribution in [2.75, 3.05) is 5.32 Å². The second-order valence-corrected chi connectivity index (χ2v) is 4.16. The molecule has 0 bridgehead atoms. The molecule has 7 heteroatoms. The Morgan fingerprint density at radius 2 is 1.76 bits per heavy atom. The van der Waals surface area contributed by atoms with Crippen LogP contribution in [0.5, 0.6) is 5.75 Å².